The van der Waals surface area contributed by atoms with Crippen LogP contribution in [-0.4, -0.2) is 63.1 Å². The lowest BCUT2D eigenvalue weighted by molar-refractivity contribution is 0.0963. The molecule has 1 aromatic rings. The van der Waals surface area contributed by atoms with Crippen molar-refractivity contribution in [1.29, 1.82) is 0 Å². The minimum Gasteiger partial charge on any atom is -0.356 e. The lowest BCUT2D eigenvalue weighted by atomic mass is 10.1. The molecule has 0 aliphatic carbocycles. The highest BCUT2D eigenvalue weighted by atomic mass is 16.1. The summed E-state index contributed by atoms with van der Waals surface area (Å²) in [5.41, 5.74) is 1.83. The Kier molecular flexibility index (Phi) is 8.41. The van der Waals surface area contributed by atoms with E-state index in [1.54, 1.807) is 14.1 Å². The molecule has 0 saturated carbocycles. The van der Waals surface area contributed by atoms with Crippen LogP contribution in [0.15, 0.2) is 29.3 Å². The first-order valence-corrected chi connectivity index (χ1v) is 9.67. The Morgan fingerprint density at radius 3 is 2.69 bits per heavy atom. The number of rotatable bonds is 8. The van der Waals surface area contributed by atoms with Gasteiger partial charge in [-0.25, -0.2) is 0 Å². The van der Waals surface area contributed by atoms with Crippen molar-refractivity contribution in [3.05, 3.63) is 35.4 Å². The van der Waals surface area contributed by atoms with Crippen LogP contribution >= 0.6 is 0 Å². The zero-order valence-corrected chi connectivity index (χ0v) is 16.3. The van der Waals surface area contributed by atoms with E-state index in [4.69, 9.17) is 0 Å². The van der Waals surface area contributed by atoms with E-state index >= 15 is 0 Å². The fourth-order valence-electron chi connectivity index (χ4n) is 3.41. The molecule has 1 atom stereocenters. The highest BCUT2D eigenvalue weighted by Crippen LogP contribution is 2.13. The third-order valence-corrected chi connectivity index (χ3v) is 4.98. The molecule has 0 aromatic heterocycles. The summed E-state index contributed by atoms with van der Waals surface area (Å²) in [6.07, 6.45) is 4.63. The molecule has 26 heavy (non-hydrogen) atoms. The zero-order chi connectivity index (χ0) is 18.8. The Balaban J connectivity index is 1.77. The van der Waals surface area contributed by atoms with Crippen LogP contribution in [0.3, 0.4) is 0 Å². The summed E-state index contributed by atoms with van der Waals surface area (Å²) in [4.78, 5) is 18.6. The number of hydrogen-bond acceptors (Lipinski definition) is 3. The maximum atomic E-state index is 11.7. The first kappa shape index (κ1) is 20.2. The molecular formula is C20H33N5O. The topological polar surface area (TPSA) is 68.8 Å². The summed E-state index contributed by atoms with van der Waals surface area (Å²) in [5.74, 6) is 0.787. The SMILES string of the molecule is CCC(CNC(=NC)NCCc1cccc(C(=O)NC)c1)N1CCCC1. The van der Waals surface area contributed by atoms with Crippen molar-refractivity contribution in [2.45, 2.75) is 38.6 Å². The van der Waals surface area contributed by atoms with E-state index in [9.17, 15) is 4.79 Å². The van der Waals surface area contributed by atoms with E-state index in [-0.39, 0.29) is 5.91 Å². The van der Waals surface area contributed by atoms with Gasteiger partial charge in [-0.3, -0.25) is 14.7 Å². The fraction of sp³-hybridized carbons (Fsp3) is 0.600. The van der Waals surface area contributed by atoms with Gasteiger partial charge in [-0.05, 0) is 56.5 Å². The Bertz CT molecular complexity index is 596. The molecule has 6 heteroatoms. The van der Waals surface area contributed by atoms with Crippen LogP contribution in [0, 0.1) is 0 Å². The Hall–Kier alpha value is -2.08. The van der Waals surface area contributed by atoms with Gasteiger partial charge in [0, 0.05) is 38.8 Å². The lowest BCUT2D eigenvalue weighted by Gasteiger charge is -2.27. The molecule has 0 spiro atoms. The van der Waals surface area contributed by atoms with Crippen LogP contribution in [0.5, 0.6) is 0 Å². The van der Waals surface area contributed by atoms with E-state index in [1.807, 2.05) is 24.3 Å². The van der Waals surface area contributed by atoms with Crippen LogP contribution in [0.2, 0.25) is 0 Å². The monoisotopic (exact) mass is 359 g/mol. The van der Waals surface area contributed by atoms with Crippen LogP contribution in [0.1, 0.15) is 42.1 Å². The molecule has 1 amide bonds. The van der Waals surface area contributed by atoms with Crippen LogP contribution in [0.4, 0.5) is 0 Å². The molecule has 1 aliphatic heterocycles. The molecular weight excluding hydrogens is 326 g/mol. The number of benzene rings is 1. The second kappa shape index (κ2) is 10.8. The number of carbonyl (C=O) groups excluding carboxylic acids is 1. The van der Waals surface area contributed by atoms with Crippen molar-refractivity contribution in [2.24, 2.45) is 4.99 Å². The quantitative estimate of drug-likeness (QED) is 0.487. The maximum Gasteiger partial charge on any atom is 0.251 e. The molecule has 1 saturated heterocycles. The van der Waals surface area contributed by atoms with Gasteiger partial charge in [0.05, 0.1) is 0 Å². The van der Waals surface area contributed by atoms with Crippen LogP contribution in [0.25, 0.3) is 0 Å². The third kappa shape index (κ3) is 6.02. The number of nitrogens with zero attached hydrogens (tertiary/aromatic N) is 2. The van der Waals surface area contributed by atoms with E-state index in [0.717, 1.165) is 37.5 Å². The summed E-state index contributed by atoms with van der Waals surface area (Å²) >= 11 is 0. The number of carbonyl (C=O) groups is 1. The van der Waals surface area contributed by atoms with E-state index in [1.165, 1.54) is 25.9 Å². The molecule has 0 bridgehead atoms. The van der Waals surface area contributed by atoms with E-state index in [0.29, 0.717) is 11.6 Å². The molecule has 2 rings (SSSR count). The van der Waals surface area contributed by atoms with Crippen molar-refractivity contribution in [3.63, 3.8) is 0 Å². The highest BCUT2D eigenvalue weighted by molar-refractivity contribution is 5.94. The lowest BCUT2D eigenvalue weighted by Crippen LogP contribution is -2.46. The molecule has 1 fully saturated rings. The first-order chi connectivity index (χ1) is 12.7. The molecule has 0 radical (unpaired) electrons. The molecule has 3 N–H and O–H groups in total. The van der Waals surface area contributed by atoms with Gasteiger partial charge < -0.3 is 16.0 Å². The van der Waals surface area contributed by atoms with Gasteiger partial charge >= 0.3 is 0 Å². The van der Waals surface area contributed by atoms with Gasteiger partial charge in [0.25, 0.3) is 5.91 Å². The predicted octanol–water partition coefficient (Wildman–Crippen LogP) is 1.63. The molecule has 1 aromatic carbocycles. The molecule has 6 nitrogen and oxygen atoms in total. The zero-order valence-electron chi connectivity index (χ0n) is 16.3. The van der Waals surface area contributed by atoms with Crippen molar-refractivity contribution in [2.75, 3.05) is 40.3 Å². The van der Waals surface area contributed by atoms with E-state index < -0.39 is 0 Å². The number of likely N-dealkylation sites (tertiary alicyclic amines) is 1. The van der Waals surface area contributed by atoms with Gasteiger partial charge in [-0.15, -0.1) is 0 Å². The fourth-order valence-corrected chi connectivity index (χ4v) is 3.41. The predicted molar refractivity (Wildman–Crippen MR) is 108 cm³/mol. The first-order valence-electron chi connectivity index (χ1n) is 9.67. The van der Waals surface area contributed by atoms with Crippen molar-refractivity contribution in [1.82, 2.24) is 20.9 Å². The summed E-state index contributed by atoms with van der Waals surface area (Å²) in [6.45, 7) is 6.38. The van der Waals surface area contributed by atoms with Crippen molar-refractivity contribution in [3.8, 4) is 0 Å². The highest BCUT2D eigenvalue weighted by Gasteiger charge is 2.20. The van der Waals surface area contributed by atoms with Crippen molar-refractivity contribution >= 4 is 11.9 Å². The van der Waals surface area contributed by atoms with Gasteiger partial charge in [-0.2, -0.15) is 0 Å². The summed E-state index contributed by atoms with van der Waals surface area (Å²) in [7, 11) is 3.45. The Labute approximate surface area is 157 Å². The summed E-state index contributed by atoms with van der Waals surface area (Å²) < 4.78 is 0. The maximum absolute atomic E-state index is 11.7. The second-order valence-corrected chi connectivity index (χ2v) is 6.71. The third-order valence-electron chi connectivity index (χ3n) is 4.98. The summed E-state index contributed by atoms with van der Waals surface area (Å²) in [6, 6.07) is 8.32. The second-order valence-electron chi connectivity index (χ2n) is 6.71. The number of amides is 1. The van der Waals surface area contributed by atoms with Gasteiger partial charge in [0.15, 0.2) is 5.96 Å². The van der Waals surface area contributed by atoms with Gasteiger partial charge in [0.2, 0.25) is 0 Å². The largest absolute Gasteiger partial charge is 0.356 e. The minimum absolute atomic E-state index is 0.0511. The normalized spacial score (nSPS) is 16.3. The minimum atomic E-state index is -0.0511. The standard InChI is InChI=1S/C20H33N5O/c1-4-18(25-12-5-6-13-25)15-24-20(22-3)23-11-10-16-8-7-9-17(14-16)19(26)21-2/h7-9,14,18H,4-6,10-13,15H2,1-3H3,(H,21,26)(H2,22,23,24). The number of hydrogen-bond donors (Lipinski definition) is 3. The Morgan fingerprint density at radius 1 is 1.27 bits per heavy atom. The smallest absolute Gasteiger partial charge is 0.251 e. The van der Waals surface area contributed by atoms with Crippen molar-refractivity contribution < 1.29 is 4.79 Å². The van der Waals surface area contributed by atoms with Gasteiger partial charge in [-0.1, -0.05) is 19.1 Å². The average Bonchev–Trinajstić information content (AvgIpc) is 3.21. The number of nitrogens with one attached hydrogen (secondary N) is 3. The molecule has 1 aliphatic rings. The van der Waals surface area contributed by atoms with Crippen LogP contribution in [-0.2, 0) is 6.42 Å². The van der Waals surface area contributed by atoms with E-state index in [2.05, 4.69) is 32.8 Å². The average molecular weight is 360 g/mol. The molecule has 1 heterocycles. The number of aliphatic imine (C=N–C) groups is 1. The van der Waals surface area contributed by atoms with Crippen LogP contribution < -0.4 is 16.0 Å². The molecule has 1 unspecified atom stereocenters. The summed E-state index contributed by atoms with van der Waals surface area (Å²) in [5, 5.41) is 9.49. The van der Waals surface area contributed by atoms with Gasteiger partial charge in [0.1, 0.15) is 0 Å². The number of guanidine groups is 1. The molecule has 144 valence electrons. The Morgan fingerprint density at radius 2 is 2.04 bits per heavy atom.